The molecule has 0 bridgehead atoms. The number of benzene rings is 1. The van der Waals surface area contributed by atoms with Gasteiger partial charge in [0.1, 0.15) is 0 Å². The van der Waals surface area contributed by atoms with Crippen LogP contribution in [0.3, 0.4) is 0 Å². The Balaban J connectivity index is 2.77. The lowest BCUT2D eigenvalue weighted by Crippen LogP contribution is -2.08. The summed E-state index contributed by atoms with van der Waals surface area (Å²) in [6.07, 6.45) is 0.333. The fourth-order valence-corrected chi connectivity index (χ4v) is 1.52. The van der Waals surface area contributed by atoms with Crippen molar-refractivity contribution >= 4 is 21.9 Å². The molecule has 82 valence electrons. The molecule has 1 aromatic rings. The summed E-state index contributed by atoms with van der Waals surface area (Å²) in [6.45, 7) is 4.17. The van der Waals surface area contributed by atoms with Crippen LogP contribution in [0.15, 0.2) is 24.3 Å². The maximum atomic E-state index is 11.0. The quantitative estimate of drug-likeness (QED) is 0.624. The minimum absolute atomic E-state index is 0.0310. The number of halogens is 1. The highest BCUT2D eigenvalue weighted by Gasteiger charge is 2.15. The second-order valence-electron chi connectivity index (χ2n) is 3.92. The van der Waals surface area contributed by atoms with E-state index in [1.807, 2.05) is 24.3 Å². The molecule has 2 nitrogen and oxygen atoms in total. The van der Waals surface area contributed by atoms with Gasteiger partial charge in [-0.1, -0.05) is 40.2 Å². The first-order valence-corrected chi connectivity index (χ1v) is 5.58. The van der Waals surface area contributed by atoms with Crippen LogP contribution in [0, 0.1) is 0 Å². The standard InChI is InChI=1S/C12H15BrO2/c1-12(2,13)10-6-4-9(5-7-10)8-11(14)15-3/h4-7H,8H2,1-3H3. The van der Waals surface area contributed by atoms with Gasteiger partial charge in [-0.2, -0.15) is 0 Å². The number of methoxy groups -OCH3 is 1. The molecule has 0 amide bonds. The van der Waals surface area contributed by atoms with Crippen LogP contribution >= 0.6 is 15.9 Å². The third-order valence-corrected chi connectivity index (χ3v) is 2.67. The summed E-state index contributed by atoms with van der Waals surface area (Å²) in [6, 6.07) is 7.95. The molecule has 0 heterocycles. The molecule has 0 fully saturated rings. The van der Waals surface area contributed by atoms with Crippen LogP contribution in [-0.2, 0) is 20.3 Å². The first kappa shape index (κ1) is 12.2. The van der Waals surface area contributed by atoms with E-state index in [-0.39, 0.29) is 10.3 Å². The molecule has 15 heavy (non-hydrogen) atoms. The molecular formula is C12H15BrO2. The minimum Gasteiger partial charge on any atom is -0.469 e. The Labute approximate surface area is 98.8 Å². The monoisotopic (exact) mass is 270 g/mol. The van der Waals surface area contributed by atoms with Crippen molar-refractivity contribution in [2.45, 2.75) is 24.6 Å². The molecule has 0 aromatic heterocycles. The molecule has 0 aliphatic carbocycles. The lowest BCUT2D eigenvalue weighted by Gasteiger charge is -2.16. The van der Waals surface area contributed by atoms with Gasteiger partial charge in [-0.25, -0.2) is 0 Å². The Kier molecular flexibility index (Phi) is 3.91. The van der Waals surface area contributed by atoms with Gasteiger partial charge in [0.15, 0.2) is 0 Å². The summed E-state index contributed by atoms with van der Waals surface area (Å²) in [5.74, 6) is -0.208. The second kappa shape index (κ2) is 4.79. The maximum Gasteiger partial charge on any atom is 0.309 e. The molecule has 0 saturated carbocycles. The maximum absolute atomic E-state index is 11.0. The van der Waals surface area contributed by atoms with Crippen molar-refractivity contribution in [2.24, 2.45) is 0 Å². The highest BCUT2D eigenvalue weighted by Crippen LogP contribution is 2.29. The van der Waals surface area contributed by atoms with E-state index in [4.69, 9.17) is 0 Å². The molecule has 0 spiro atoms. The van der Waals surface area contributed by atoms with Gasteiger partial charge >= 0.3 is 5.97 Å². The van der Waals surface area contributed by atoms with Crippen LogP contribution in [-0.4, -0.2) is 13.1 Å². The summed E-state index contributed by atoms with van der Waals surface area (Å²) in [7, 11) is 1.40. The number of ether oxygens (including phenoxy) is 1. The predicted octanol–water partition coefficient (Wildman–Crippen LogP) is 3.03. The van der Waals surface area contributed by atoms with Crippen LogP contribution in [0.5, 0.6) is 0 Å². The minimum atomic E-state index is -0.208. The molecule has 0 aliphatic rings. The highest BCUT2D eigenvalue weighted by atomic mass is 79.9. The number of hydrogen-bond acceptors (Lipinski definition) is 2. The Morgan fingerprint density at radius 3 is 2.27 bits per heavy atom. The first-order valence-electron chi connectivity index (χ1n) is 4.78. The fraction of sp³-hybridized carbons (Fsp3) is 0.417. The fourth-order valence-electron chi connectivity index (χ4n) is 1.26. The zero-order valence-corrected chi connectivity index (χ0v) is 10.8. The van der Waals surface area contributed by atoms with E-state index in [0.29, 0.717) is 6.42 Å². The van der Waals surface area contributed by atoms with E-state index in [1.54, 1.807) is 0 Å². The lowest BCUT2D eigenvalue weighted by atomic mass is 10.0. The van der Waals surface area contributed by atoms with Gasteiger partial charge in [0.2, 0.25) is 0 Å². The van der Waals surface area contributed by atoms with E-state index < -0.39 is 0 Å². The zero-order chi connectivity index (χ0) is 11.5. The van der Waals surface area contributed by atoms with Crippen molar-refractivity contribution in [1.82, 2.24) is 0 Å². The van der Waals surface area contributed by atoms with Gasteiger partial charge in [0, 0.05) is 4.32 Å². The Hall–Kier alpha value is -0.830. The average Bonchev–Trinajstić information content (AvgIpc) is 2.17. The number of esters is 1. The van der Waals surface area contributed by atoms with Crippen LogP contribution in [0.1, 0.15) is 25.0 Å². The molecule has 0 radical (unpaired) electrons. The van der Waals surface area contributed by atoms with Gasteiger partial charge in [-0.05, 0) is 25.0 Å². The number of carbonyl (C=O) groups excluding carboxylic acids is 1. The highest BCUT2D eigenvalue weighted by molar-refractivity contribution is 9.09. The van der Waals surface area contributed by atoms with E-state index in [0.717, 1.165) is 5.56 Å². The van der Waals surface area contributed by atoms with Crippen molar-refractivity contribution < 1.29 is 9.53 Å². The zero-order valence-electron chi connectivity index (χ0n) is 9.21. The Morgan fingerprint density at radius 1 is 1.33 bits per heavy atom. The Bertz CT molecular complexity index is 336. The van der Waals surface area contributed by atoms with E-state index in [9.17, 15) is 4.79 Å². The van der Waals surface area contributed by atoms with E-state index in [2.05, 4.69) is 34.5 Å². The van der Waals surface area contributed by atoms with Crippen molar-refractivity contribution in [3.63, 3.8) is 0 Å². The number of carbonyl (C=O) groups is 1. The molecule has 0 atom stereocenters. The summed E-state index contributed by atoms with van der Waals surface area (Å²) in [4.78, 5) is 11.0. The van der Waals surface area contributed by atoms with Crippen molar-refractivity contribution in [3.05, 3.63) is 35.4 Å². The number of rotatable bonds is 3. The van der Waals surface area contributed by atoms with Gasteiger partial charge in [-0.15, -0.1) is 0 Å². The van der Waals surface area contributed by atoms with Gasteiger partial charge in [0.25, 0.3) is 0 Å². The molecule has 1 rings (SSSR count). The summed E-state index contributed by atoms with van der Waals surface area (Å²) < 4.78 is 4.57. The van der Waals surface area contributed by atoms with E-state index >= 15 is 0 Å². The lowest BCUT2D eigenvalue weighted by molar-refractivity contribution is -0.139. The molecular weight excluding hydrogens is 256 g/mol. The number of hydrogen-bond donors (Lipinski definition) is 0. The molecule has 1 aromatic carbocycles. The van der Waals surface area contributed by atoms with Crippen LogP contribution < -0.4 is 0 Å². The second-order valence-corrected chi connectivity index (χ2v) is 5.90. The SMILES string of the molecule is COC(=O)Cc1ccc(C(C)(C)Br)cc1. The number of alkyl halides is 1. The molecule has 0 saturated heterocycles. The van der Waals surface area contributed by atoms with Crippen molar-refractivity contribution in [2.75, 3.05) is 7.11 Å². The molecule has 3 heteroatoms. The summed E-state index contributed by atoms with van der Waals surface area (Å²) in [5, 5.41) is 0. The van der Waals surface area contributed by atoms with Crippen LogP contribution in [0.2, 0.25) is 0 Å². The third kappa shape index (κ3) is 3.67. The van der Waals surface area contributed by atoms with Gasteiger partial charge < -0.3 is 4.74 Å². The molecule has 0 unspecified atom stereocenters. The smallest absolute Gasteiger partial charge is 0.309 e. The largest absolute Gasteiger partial charge is 0.469 e. The van der Waals surface area contributed by atoms with Crippen LogP contribution in [0.4, 0.5) is 0 Å². The van der Waals surface area contributed by atoms with Crippen molar-refractivity contribution in [1.29, 1.82) is 0 Å². The van der Waals surface area contributed by atoms with E-state index in [1.165, 1.54) is 12.7 Å². The summed E-state index contributed by atoms with van der Waals surface area (Å²) in [5.41, 5.74) is 2.17. The predicted molar refractivity (Wildman–Crippen MR) is 64.1 cm³/mol. The summed E-state index contributed by atoms with van der Waals surface area (Å²) >= 11 is 3.58. The third-order valence-electron chi connectivity index (χ3n) is 2.22. The topological polar surface area (TPSA) is 26.3 Å². The van der Waals surface area contributed by atoms with Gasteiger partial charge in [-0.3, -0.25) is 4.79 Å². The Morgan fingerprint density at radius 2 is 1.87 bits per heavy atom. The molecule has 0 aliphatic heterocycles. The average molecular weight is 271 g/mol. The first-order chi connectivity index (χ1) is 6.93. The normalized spacial score (nSPS) is 11.2. The van der Waals surface area contributed by atoms with Gasteiger partial charge in [0.05, 0.1) is 13.5 Å². The van der Waals surface area contributed by atoms with Crippen molar-refractivity contribution in [3.8, 4) is 0 Å². The van der Waals surface area contributed by atoms with Crippen LogP contribution in [0.25, 0.3) is 0 Å². The molecule has 0 N–H and O–H groups in total.